The first-order valence-electron chi connectivity index (χ1n) is 7.29. The maximum Gasteiger partial charge on any atom is 0.298 e. The van der Waals surface area contributed by atoms with Crippen molar-refractivity contribution in [2.24, 2.45) is 10.2 Å². The van der Waals surface area contributed by atoms with Gasteiger partial charge in [-0.3, -0.25) is 9.11 Å². The van der Waals surface area contributed by atoms with Crippen molar-refractivity contribution in [2.45, 2.75) is 9.79 Å². The minimum Gasteiger partial charge on any atom is -0.504 e. The molecule has 11 heteroatoms. The third-order valence-corrected chi connectivity index (χ3v) is 5.34. The van der Waals surface area contributed by atoms with Crippen molar-refractivity contribution in [3.8, 4) is 5.75 Å². The highest BCUT2D eigenvalue weighted by Gasteiger charge is 2.22. The number of phenols is 1. The molecule has 3 N–H and O–H groups in total. The largest absolute Gasteiger partial charge is 0.504 e. The fraction of sp³-hybridized carbons (Fsp3) is 0. The van der Waals surface area contributed by atoms with Crippen LogP contribution in [0.2, 0.25) is 0 Å². The topological polar surface area (TPSA) is 154 Å². The smallest absolute Gasteiger partial charge is 0.298 e. The second kappa shape index (κ2) is 6.70. The summed E-state index contributed by atoms with van der Waals surface area (Å²) in [6.45, 7) is 0. The molecule has 3 aromatic carbocycles. The van der Waals surface area contributed by atoms with Crippen LogP contribution in [-0.4, -0.2) is 31.0 Å². The van der Waals surface area contributed by atoms with Gasteiger partial charge in [-0.25, -0.2) is 0 Å². The van der Waals surface area contributed by atoms with Crippen molar-refractivity contribution in [1.82, 2.24) is 0 Å². The molecule has 0 aromatic heterocycles. The summed E-state index contributed by atoms with van der Waals surface area (Å²) in [4.78, 5) is -1.36. The van der Waals surface area contributed by atoms with Crippen LogP contribution in [0.25, 0.3) is 10.8 Å². The van der Waals surface area contributed by atoms with E-state index in [1.165, 1.54) is 6.07 Å². The molecule has 0 spiro atoms. The number of hydrogen-bond donors (Lipinski definition) is 3. The van der Waals surface area contributed by atoms with E-state index >= 15 is 0 Å². The van der Waals surface area contributed by atoms with Crippen LogP contribution < -0.4 is 0 Å². The van der Waals surface area contributed by atoms with Gasteiger partial charge < -0.3 is 5.11 Å². The average Bonchev–Trinajstić information content (AvgIpc) is 2.59. The van der Waals surface area contributed by atoms with Crippen LogP contribution in [0, 0.1) is 0 Å². The molecular weight excluding hydrogens is 396 g/mol. The molecule has 0 bridgehead atoms. The van der Waals surface area contributed by atoms with Gasteiger partial charge in [-0.2, -0.15) is 21.9 Å². The summed E-state index contributed by atoms with van der Waals surface area (Å²) in [6, 6.07) is 12.5. The Kier molecular flexibility index (Phi) is 4.70. The average molecular weight is 408 g/mol. The zero-order valence-electron chi connectivity index (χ0n) is 13.4. The molecule has 140 valence electrons. The lowest BCUT2D eigenvalue weighted by atomic mass is 10.1. The van der Waals surface area contributed by atoms with Crippen molar-refractivity contribution in [3.05, 3.63) is 54.6 Å². The van der Waals surface area contributed by atoms with E-state index in [-0.39, 0.29) is 16.5 Å². The molecular formula is C16H12N2O7S2. The predicted molar refractivity (Wildman–Crippen MR) is 95.9 cm³/mol. The maximum atomic E-state index is 11.6. The van der Waals surface area contributed by atoms with Crippen LogP contribution in [0.3, 0.4) is 0 Å². The molecule has 3 rings (SSSR count). The van der Waals surface area contributed by atoms with E-state index in [9.17, 15) is 26.5 Å². The monoisotopic (exact) mass is 408 g/mol. The first-order chi connectivity index (χ1) is 12.6. The number of aromatic hydroxyl groups is 1. The highest BCUT2D eigenvalue weighted by molar-refractivity contribution is 7.86. The van der Waals surface area contributed by atoms with E-state index in [2.05, 4.69) is 10.2 Å². The van der Waals surface area contributed by atoms with Gasteiger partial charge in [-0.15, -0.1) is 5.11 Å². The van der Waals surface area contributed by atoms with Crippen LogP contribution >= 0.6 is 0 Å². The highest BCUT2D eigenvalue weighted by Crippen LogP contribution is 2.41. The van der Waals surface area contributed by atoms with Gasteiger partial charge in [0.25, 0.3) is 20.2 Å². The third-order valence-electron chi connectivity index (χ3n) is 3.62. The summed E-state index contributed by atoms with van der Waals surface area (Å²) in [6.07, 6.45) is 0. The number of azo groups is 1. The van der Waals surface area contributed by atoms with Gasteiger partial charge in [0.2, 0.25) is 0 Å². The fourth-order valence-electron chi connectivity index (χ4n) is 2.39. The van der Waals surface area contributed by atoms with Crippen LogP contribution in [0.5, 0.6) is 5.75 Å². The van der Waals surface area contributed by atoms with E-state index in [0.29, 0.717) is 5.69 Å². The molecule has 0 heterocycles. The van der Waals surface area contributed by atoms with Crippen molar-refractivity contribution in [1.29, 1.82) is 0 Å². The summed E-state index contributed by atoms with van der Waals surface area (Å²) >= 11 is 0. The van der Waals surface area contributed by atoms with E-state index < -0.39 is 35.8 Å². The molecule has 0 fully saturated rings. The standard InChI is InChI=1S/C16H12N2O7S2/c19-16-14(27(23,24)25)9-10-8-12(26(20,21)22)6-7-13(10)15(16)18-17-11-4-2-1-3-5-11/h1-9,19H,(H,20,21,22)(H,23,24,25). The van der Waals surface area contributed by atoms with Gasteiger partial charge in [0, 0.05) is 5.39 Å². The second-order valence-corrected chi connectivity index (χ2v) is 8.25. The van der Waals surface area contributed by atoms with Gasteiger partial charge in [-0.05, 0) is 35.7 Å². The lowest BCUT2D eigenvalue weighted by Crippen LogP contribution is -2.00. The Morgan fingerprint density at radius 1 is 0.778 bits per heavy atom. The zero-order valence-corrected chi connectivity index (χ0v) is 15.0. The van der Waals surface area contributed by atoms with Crippen molar-refractivity contribution < 1.29 is 31.0 Å². The van der Waals surface area contributed by atoms with Gasteiger partial charge in [0.1, 0.15) is 10.6 Å². The predicted octanol–water partition coefficient (Wildman–Crippen LogP) is 3.45. The van der Waals surface area contributed by atoms with Crippen LogP contribution in [0.4, 0.5) is 11.4 Å². The molecule has 27 heavy (non-hydrogen) atoms. The second-order valence-electron chi connectivity index (χ2n) is 5.44. The molecule has 0 saturated carbocycles. The van der Waals surface area contributed by atoms with E-state index in [4.69, 9.17) is 4.55 Å². The lowest BCUT2D eigenvalue weighted by molar-refractivity contribution is 0.445. The van der Waals surface area contributed by atoms with Crippen LogP contribution in [0.15, 0.2) is 74.6 Å². The molecule has 0 aliphatic heterocycles. The van der Waals surface area contributed by atoms with Crippen LogP contribution in [0.1, 0.15) is 0 Å². The summed E-state index contributed by atoms with van der Waals surface area (Å²) in [5, 5.41) is 18.2. The summed E-state index contributed by atoms with van der Waals surface area (Å²) < 4.78 is 64.3. The first kappa shape index (κ1) is 18.9. The molecule has 0 aliphatic rings. The number of nitrogens with zero attached hydrogens (tertiary/aromatic N) is 2. The number of phenolic OH excluding ortho intramolecular Hbond substituents is 1. The number of rotatable bonds is 4. The van der Waals surface area contributed by atoms with Gasteiger partial charge in [0.05, 0.1) is 10.6 Å². The molecule has 0 unspecified atom stereocenters. The normalized spacial score (nSPS) is 12.7. The van der Waals surface area contributed by atoms with Crippen molar-refractivity contribution in [3.63, 3.8) is 0 Å². The Balaban J connectivity index is 2.33. The first-order valence-corrected chi connectivity index (χ1v) is 10.2. The minimum atomic E-state index is -4.84. The van der Waals surface area contributed by atoms with E-state index in [0.717, 1.165) is 18.2 Å². The lowest BCUT2D eigenvalue weighted by Gasteiger charge is -2.09. The SMILES string of the molecule is O=S(=O)(O)c1ccc2c(N=Nc3ccccc3)c(O)c(S(=O)(=O)O)cc2c1. The summed E-state index contributed by atoms with van der Waals surface area (Å²) in [5.41, 5.74) is 0.128. The molecule has 0 aliphatic carbocycles. The summed E-state index contributed by atoms with van der Waals surface area (Å²) in [7, 11) is -9.39. The molecule has 0 amide bonds. The van der Waals surface area contributed by atoms with E-state index in [1.807, 2.05) is 0 Å². The Labute approximate surface area is 154 Å². The molecule has 0 radical (unpaired) electrons. The molecule has 0 atom stereocenters. The molecule has 9 nitrogen and oxygen atoms in total. The quantitative estimate of drug-likeness (QED) is 0.441. The van der Waals surface area contributed by atoms with E-state index in [1.54, 1.807) is 30.3 Å². The van der Waals surface area contributed by atoms with Crippen molar-refractivity contribution >= 4 is 42.4 Å². The van der Waals surface area contributed by atoms with Gasteiger partial charge >= 0.3 is 0 Å². The number of fused-ring (bicyclic) bond motifs is 1. The highest BCUT2D eigenvalue weighted by atomic mass is 32.2. The fourth-order valence-corrected chi connectivity index (χ4v) is 3.52. The number of hydrogen-bond acceptors (Lipinski definition) is 7. The number of benzene rings is 3. The molecule has 0 saturated heterocycles. The molecule has 3 aromatic rings. The summed E-state index contributed by atoms with van der Waals surface area (Å²) in [5.74, 6) is -0.843. The van der Waals surface area contributed by atoms with Gasteiger partial charge in [0.15, 0.2) is 5.75 Å². The Bertz CT molecular complexity index is 1270. The van der Waals surface area contributed by atoms with Crippen molar-refractivity contribution in [2.75, 3.05) is 0 Å². The van der Waals surface area contributed by atoms with Gasteiger partial charge in [-0.1, -0.05) is 24.3 Å². The third kappa shape index (κ3) is 3.95. The van der Waals surface area contributed by atoms with Crippen LogP contribution in [-0.2, 0) is 20.2 Å². The minimum absolute atomic E-state index is 0.00226. The zero-order chi connectivity index (χ0) is 19.8. The Morgan fingerprint density at radius 2 is 1.44 bits per heavy atom. The Morgan fingerprint density at radius 3 is 2.04 bits per heavy atom. The Hall–Kier alpha value is -2.86. The maximum absolute atomic E-state index is 11.6.